The molecule has 2 N–H and O–H groups in total. The molecule has 3 rings (SSSR count). The molecule has 0 radical (unpaired) electrons. The second-order valence-electron chi connectivity index (χ2n) is 6.86. The van der Waals surface area contributed by atoms with E-state index in [0.29, 0.717) is 16.9 Å². The van der Waals surface area contributed by atoms with Crippen LogP contribution in [0.5, 0.6) is 5.75 Å². The maximum absolute atomic E-state index is 12.5. The van der Waals surface area contributed by atoms with Gasteiger partial charge in [-0.2, -0.15) is 0 Å². The number of carbonyl (C=O) groups excluding carboxylic acids is 2. The summed E-state index contributed by atoms with van der Waals surface area (Å²) in [5.41, 5.74) is 6.70. The van der Waals surface area contributed by atoms with E-state index in [1.165, 1.54) is 23.5 Å². The number of hydrogen-bond donors (Lipinski definition) is 1. The molecule has 2 fully saturated rings. The van der Waals surface area contributed by atoms with E-state index < -0.39 is 0 Å². The van der Waals surface area contributed by atoms with E-state index in [-0.39, 0.29) is 30.4 Å². The molecule has 0 unspecified atom stereocenters. The number of likely N-dealkylation sites (tertiary alicyclic amines) is 1. The monoisotopic (exact) mass is 394 g/mol. The predicted molar refractivity (Wildman–Crippen MR) is 107 cm³/mol. The summed E-state index contributed by atoms with van der Waals surface area (Å²) in [6, 6.07) is 8.16. The molecule has 2 amide bonds. The van der Waals surface area contributed by atoms with Crippen molar-refractivity contribution >= 4 is 35.3 Å². The quantitative estimate of drug-likeness (QED) is 0.831. The van der Waals surface area contributed by atoms with Crippen LogP contribution in [0.25, 0.3) is 0 Å². The van der Waals surface area contributed by atoms with Crippen molar-refractivity contribution in [1.82, 2.24) is 4.90 Å². The van der Waals surface area contributed by atoms with Gasteiger partial charge in [0.15, 0.2) is 6.61 Å². The first-order valence-corrected chi connectivity index (χ1v) is 11.2. The first kappa shape index (κ1) is 19.4. The summed E-state index contributed by atoms with van der Waals surface area (Å²) in [5.74, 6) is 2.45. The van der Waals surface area contributed by atoms with E-state index in [1.807, 2.05) is 42.6 Å². The van der Waals surface area contributed by atoms with Crippen molar-refractivity contribution < 1.29 is 14.3 Å². The third-order valence-electron chi connectivity index (χ3n) is 4.95. The van der Waals surface area contributed by atoms with Gasteiger partial charge in [0.2, 0.25) is 5.91 Å². The Morgan fingerprint density at radius 1 is 1.19 bits per heavy atom. The van der Waals surface area contributed by atoms with Crippen LogP contribution in [0.15, 0.2) is 24.3 Å². The van der Waals surface area contributed by atoms with Crippen molar-refractivity contribution in [3.63, 3.8) is 0 Å². The molecule has 0 aliphatic carbocycles. The third-order valence-corrected chi connectivity index (χ3v) is 7.96. The lowest BCUT2D eigenvalue weighted by atomic mass is 9.93. The Balaban J connectivity index is 1.52. The number of rotatable bonds is 5. The Bertz CT molecular complexity index is 632. The van der Waals surface area contributed by atoms with Crippen LogP contribution < -0.4 is 10.5 Å². The molecule has 0 saturated carbocycles. The van der Waals surface area contributed by atoms with Crippen molar-refractivity contribution in [2.24, 2.45) is 11.7 Å². The SMILES string of the molecule is C[C@@H]1CC[C@@H](C(N)=O)CN1C(=O)COc1ccc(C2SCCCS2)cc1. The van der Waals surface area contributed by atoms with Crippen molar-refractivity contribution in [3.05, 3.63) is 29.8 Å². The smallest absolute Gasteiger partial charge is 0.260 e. The van der Waals surface area contributed by atoms with Gasteiger partial charge in [0.05, 0.1) is 10.5 Å². The highest BCUT2D eigenvalue weighted by molar-refractivity contribution is 8.16. The topological polar surface area (TPSA) is 72.6 Å². The molecule has 26 heavy (non-hydrogen) atoms. The maximum Gasteiger partial charge on any atom is 0.260 e. The Morgan fingerprint density at radius 3 is 2.54 bits per heavy atom. The molecule has 0 bridgehead atoms. The lowest BCUT2D eigenvalue weighted by Gasteiger charge is -2.36. The number of primary amides is 1. The zero-order valence-corrected chi connectivity index (χ0v) is 16.7. The molecule has 2 saturated heterocycles. The van der Waals surface area contributed by atoms with Crippen molar-refractivity contribution in [2.45, 2.75) is 36.8 Å². The van der Waals surface area contributed by atoms with E-state index in [9.17, 15) is 9.59 Å². The summed E-state index contributed by atoms with van der Waals surface area (Å²) in [4.78, 5) is 25.7. The van der Waals surface area contributed by atoms with Crippen LogP contribution in [0.3, 0.4) is 0 Å². The van der Waals surface area contributed by atoms with Crippen LogP contribution in [-0.4, -0.2) is 47.4 Å². The van der Waals surface area contributed by atoms with Gasteiger partial charge in [-0.25, -0.2) is 0 Å². The Hall–Kier alpha value is -1.34. The molecule has 0 spiro atoms. The van der Waals surface area contributed by atoms with Crippen LogP contribution in [0.4, 0.5) is 0 Å². The first-order chi connectivity index (χ1) is 12.5. The summed E-state index contributed by atoms with van der Waals surface area (Å²) in [7, 11) is 0. The van der Waals surface area contributed by atoms with Gasteiger partial charge in [0.1, 0.15) is 5.75 Å². The fourth-order valence-corrected chi connectivity index (χ4v) is 6.21. The molecule has 0 aromatic heterocycles. The number of amides is 2. The molecule has 2 heterocycles. The van der Waals surface area contributed by atoms with Gasteiger partial charge in [0, 0.05) is 12.6 Å². The number of carbonyl (C=O) groups is 2. The van der Waals surface area contributed by atoms with Gasteiger partial charge in [-0.15, -0.1) is 23.5 Å². The maximum atomic E-state index is 12.5. The normalized spacial score (nSPS) is 24.3. The molecule has 1 aromatic carbocycles. The summed E-state index contributed by atoms with van der Waals surface area (Å²) < 4.78 is 6.19. The fraction of sp³-hybridized carbons (Fsp3) is 0.579. The van der Waals surface area contributed by atoms with E-state index in [0.717, 1.165) is 12.8 Å². The zero-order chi connectivity index (χ0) is 18.5. The molecule has 7 heteroatoms. The average Bonchev–Trinajstić information content (AvgIpc) is 2.67. The first-order valence-electron chi connectivity index (χ1n) is 9.09. The van der Waals surface area contributed by atoms with Gasteiger partial charge < -0.3 is 15.4 Å². The highest BCUT2D eigenvalue weighted by Gasteiger charge is 2.31. The molecular weight excluding hydrogens is 368 g/mol. The number of hydrogen-bond acceptors (Lipinski definition) is 5. The molecular formula is C19H26N2O3S2. The highest BCUT2D eigenvalue weighted by atomic mass is 32.2. The fourth-order valence-electron chi connectivity index (χ4n) is 3.32. The van der Waals surface area contributed by atoms with E-state index in [4.69, 9.17) is 10.5 Å². The second-order valence-corrected chi connectivity index (χ2v) is 9.58. The van der Waals surface area contributed by atoms with E-state index >= 15 is 0 Å². The van der Waals surface area contributed by atoms with Crippen molar-refractivity contribution in [3.8, 4) is 5.75 Å². The minimum Gasteiger partial charge on any atom is -0.484 e. The van der Waals surface area contributed by atoms with Crippen molar-refractivity contribution in [1.29, 1.82) is 0 Å². The zero-order valence-electron chi connectivity index (χ0n) is 15.1. The summed E-state index contributed by atoms with van der Waals surface area (Å²) in [6.45, 7) is 2.39. The summed E-state index contributed by atoms with van der Waals surface area (Å²) in [6.07, 6.45) is 2.82. The molecule has 1 aromatic rings. The van der Waals surface area contributed by atoms with E-state index in [1.54, 1.807) is 4.90 Å². The summed E-state index contributed by atoms with van der Waals surface area (Å²) in [5, 5.41) is 0. The number of benzene rings is 1. The van der Waals surface area contributed by atoms with Gasteiger partial charge in [-0.05, 0) is 55.4 Å². The number of thioether (sulfide) groups is 2. The molecule has 2 atom stereocenters. The molecule has 2 aliphatic rings. The Labute approximate surface area is 163 Å². The number of nitrogens with zero attached hydrogens (tertiary/aromatic N) is 1. The number of piperidine rings is 1. The predicted octanol–water partition coefficient (Wildman–Crippen LogP) is 3.05. The number of nitrogens with two attached hydrogens (primary N) is 1. The molecule has 2 aliphatic heterocycles. The Morgan fingerprint density at radius 2 is 1.88 bits per heavy atom. The second kappa shape index (κ2) is 9.04. The average molecular weight is 395 g/mol. The lowest BCUT2D eigenvalue weighted by Crippen LogP contribution is -2.50. The van der Waals surface area contributed by atoms with Gasteiger partial charge in [-0.3, -0.25) is 9.59 Å². The van der Waals surface area contributed by atoms with Gasteiger partial charge in [0.25, 0.3) is 5.91 Å². The molecule has 5 nitrogen and oxygen atoms in total. The largest absolute Gasteiger partial charge is 0.484 e. The minimum atomic E-state index is -0.329. The third kappa shape index (κ3) is 4.88. The van der Waals surface area contributed by atoms with Crippen molar-refractivity contribution in [2.75, 3.05) is 24.7 Å². The standard InChI is InChI=1S/C19H26N2O3S2/c1-13-3-4-15(18(20)23)11-21(13)17(22)12-24-16-7-5-14(6-8-16)19-25-9-2-10-26-19/h5-8,13,15,19H,2-4,9-12H2,1H3,(H2,20,23)/t13-,15-/m1/s1. The minimum absolute atomic E-state index is 0.0118. The van der Waals surface area contributed by atoms with Crippen LogP contribution in [-0.2, 0) is 9.59 Å². The van der Waals surface area contributed by atoms with Crippen LogP contribution in [0, 0.1) is 5.92 Å². The van der Waals surface area contributed by atoms with Gasteiger partial charge in [-0.1, -0.05) is 12.1 Å². The summed E-state index contributed by atoms with van der Waals surface area (Å²) >= 11 is 3.97. The Kier molecular flexibility index (Phi) is 6.75. The van der Waals surface area contributed by atoms with Gasteiger partial charge >= 0.3 is 0 Å². The van der Waals surface area contributed by atoms with Crippen LogP contribution in [0.1, 0.15) is 36.3 Å². The lowest BCUT2D eigenvalue weighted by molar-refractivity contribution is -0.139. The van der Waals surface area contributed by atoms with E-state index in [2.05, 4.69) is 12.1 Å². The number of ether oxygens (including phenoxy) is 1. The van der Waals surface area contributed by atoms with Crippen LogP contribution in [0.2, 0.25) is 0 Å². The van der Waals surface area contributed by atoms with Crippen LogP contribution >= 0.6 is 23.5 Å². The molecule has 142 valence electrons. The highest BCUT2D eigenvalue weighted by Crippen LogP contribution is 2.43.